The molecule has 1 aliphatic heterocycles. The van der Waals surface area contributed by atoms with Gasteiger partial charge in [-0.1, -0.05) is 0 Å². The maximum Gasteiger partial charge on any atom is 0.251 e. The van der Waals surface area contributed by atoms with Gasteiger partial charge in [0.05, 0.1) is 7.11 Å². The number of anilines is 2. The monoisotopic (exact) mass is 369 g/mol. The third kappa shape index (κ3) is 5.32. The Hall–Kier alpha value is -2.83. The summed E-state index contributed by atoms with van der Waals surface area (Å²) in [5.41, 5.74) is 0.612. The highest BCUT2D eigenvalue weighted by Crippen LogP contribution is 2.20. The van der Waals surface area contributed by atoms with E-state index in [1.54, 1.807) is 31.4 Å². The summed E-state index contributed by atoms with van der Waals surface area (Å²) in [5, 5.41) is 6.18. The third-order valence-electron chi connectivity index (χ3n) is 4.57. The van der Waals surface area contributed by atoms with Crippen molar-refractivity contribution in [2.75, 3.05) is 43.5 Å². The Morgan fingerprint density at radius 2 is 1.85 bits per heavy atom. The molecule has 1 aromatic carbocycles. The van der Waals surface area contributed by atoms with Crippen LogP contribution in [0.1, 0.15) is 35.4 Å². The minimum atomic E-state index is -0.104. The summed E-state index contributed by atoms with van der Waals surface area (Å²) in [5.74, 6) is 3.15. The first kappa shape index (κ1) is 18.9. The van der Waals surface area contributed by atoms with Crippen molar-refractivity contribution >= 4 is 17.5 Å². The number of aryl methyl sites for hydroxylation is 1. The van der Waals surface area contributed by atoms with E-state index in [1.807, 2.05) is 13.0 Å². The molecule has 0 spiro atoms. The molecule has 0 atom stereocenters. The van der Waals surface area contributed by atoms with Crippen molar-refractivity contribution in [2.45, 2.75) is 26.2 Å². The van der Waals surface area contributed by atoms with Crippen LogP contribution in [0.15, 0.2) is 30.3 Å². The Bertz CT molecular complexity index is 757. The van der Waals surface area contributed by atoms with Crippen molar-refractivity contribution in [1.29, 1.82) is 0 Å². The van der Waals surface area contributed by atoms with Crippen LogP contribution in [0.2, 0.25) is 0 Å². The molecule has 0 aliphatic carbocycles. The van der Waals surface area contributed by atoms with Crippen molar-refractivity contribution in [3.8, 4) is 5.75 Å². The predicted molar refractivity (Wildman–Crippen MR) is 107 cm³/mol. The number of piperidine rings is 1. The molecule has 27 heavy (non-hydrogen) atoms. The van der Waals surface area contributed by atoms with Gasteiger partial charge in [-0.25, -0.2) is 9.97 Å². The zero-order valence-corrected chi connectivity index (χ0v) is 16.0. The molecule has 7 heteroatoms. The molecule has 1 fully saturated rings. The molecule has 0 bridgehead atoms. The molecule has 2 N–H and O–H groups in total. The molecule has 0 saturated carbocycles. The van der Waals surface area contributed by atoms with E-state index >= 15 is 0 Å². The number of benzene rings is 1. The molecule has 0 unspecified atom stereocenters. The van der Waals surface area contributed by atoms with Crippen LogP contribution in [0.25, 0.3) is 0 Å². The number of rotatable bonds is 7. The van der Waals surface area contributed by atoms with Crippen LogP contribution in [0.5, 0.6) is 5.75 Å². The Morgan fingerprint density at radius 1 is 1.11 bits per heavy atom. The highest BCUT2D eigenvalue weighted by atomic mass is 16.5. The molecule has 1 aliphatic rings. The summed E-state index contributed by atoms with van der Waals surface area (Å²) >= 11 is 0. The molecule has 0 radical (unpaired) electrons. The third-order valence-corrected chi connectivity index (χ3v) is 4.57. The summed E-state index contributed by atoms with van der Waals surface area (Å²) in [6, 6.07) is 9.04. The second-order valence-corrected chi connectivity index (χ2v) is 6.62. The fourth-order valence-electron chi connectivity index (χ4n) is 3.14. The Balaban J connectivity index is 1.49. The number of ether oxygens (including phenoxy) is 1. The zero-order valence-electron chi connectivity index (χ0n) is 16.0. The van der Waals surface area contributed by atoms with Crippen LogP contribution >= 0.6 is 0 Å². The fourth-order valence-corrected chi connectivity index (χ4v) is 3.14. The molecule has 2 heterocycles. The maximum atomic E-state index is 12.2. The lowest BCUT2D eigenvalue weighted by atomic mass is 10.1. The smallest absolute Gasteiger partial charge is 0.251 e. The zero-order chi connectivity index (χ0) is 19.1. The second kappa shape index (κ2) is 9.21. The average molecular weight is 369 g/mol. The molecule has 1 amide bonds. The van der Waals surface area contributed by atoms with Gasteiger partial charge in [-0.3, -0.25) is 4.79 Å². The van der Waals surface area contributed by atoms with Crippen LogP contribution in [-0.4, -0.2) is 49.2 Å². The first-order valence-corrected chi connectivity index (χ1v) is 9.42. The summed E-state index contributed by atoms with van der Waals surface area (Å²) in [4.78, 5) is 23.5. The minimum Gasteiger partial charge on any atom is -0.497 e. The molecule has 2 aromatic rings. The van der Waals surface area contributed by atoms with E-state index in [4.69, 9.17) is 4.74 Å². The van der Waals surface area contributed by atoms with E-state index < -0.39 is 0 Å². The van der Waals surface area contributed by atoms with E-state index in [0.29, 0.717) is 18.7 Å². The van der Waals surface area contributed by atoms with Crippen LogP contribution in [0, 0.1) is 6.92 Å². The van der Waals surface area contributed by atoms with Crippen molar-refractivity contribution in [2.24, 2.45) is 0 Å². The summed E-state index contributed by atoms with van der Waals surface area (Å²) in [7, 11) is 1.60. The lowest BCUT2D eigenvalue weighted by molar-refractivity contribution is 0.0955. The van der Waals surface area contributed by atoms with Gasteiger partial charge >= 0.3 is 0 Å². The second-order valence-electron chi connectivity index (χ2n) is 6.62. The van der Waals surface area contributed by atoms with E-state index in [2.05, 4.69) is 25.5 Å². The Morgan fingerprint density at radius 3 is 2.56 bits per heavy atom. The first-order valence-electron chi connectivity index (χ1n) is 9.42. The van der Waals surface area contributed by atoms with Gasteiger partial charge in [0.15, 0.2) is 0 Å². The predicted octanol–water partition coefficient (Wildman–Crippen LogP) is 2.63. The van der Waals surface area contributed by atoms with Gasteiger partial charge in [0.25, 0.3) is 5.91 Å². The van der Waals surface area contributed by atoms with Crippen LogP contribution in [0.3, 0.4) is 0 Å². The van der Waals surface area contributed by atoms with E-state index in [1.165, 1.54) is 19.3 Å². The lowest BCUT2D eigenvalue weighted by Gasteiger charge is -2.28. The number of hydrogen-bond acceptors (Lipinski definition) is 6. The lowest BCUT2D eigenvalue weighted by Crippen LogP contribution is -2.31. The van der Waals surface area contributed by atoms with Gasteiger partial charge < -0.3 is 20.3 Å². The van der Waals surface area contributed by atoms with E-state index in [0.717, 1.165) is 36.3 Å². The van der Waals surface area contributed by atoms with Crippen molar-refractivity contribution in [3.05, 3.63) is 41.7 Å². The van der Waals surface area contributed by atoms with Crippen LogP contribution in [-0.2, 0) is 0 Å². The molecule has 1 aromatic heterocycles. The molecule has 7 nitrogen and oxygen atoms in total. The van der Waals surface area contributed by atoms with Crippen molar-refractivity contribution in [1.82, 2.24) is 15.3 Å². The summed E-state index contributed by atoms with van der Waals surface area (Å²) in [6.45, 7) is 5.11. The maximum absolute atomic E-state index is 12.2. The molecule has 144 valence electrons. The Labute approximate surface area is 160 Å². The highest BCUT2D eigenvalue weighted by molar-refractivity contribution is 5.94. The molecule has 1 saturated heterocycles. The topological polar surface area (TPSA) is 79.4 Å². The molecular formula is C20H27N5O2. The number of nitrogens with one attached hydrogen (secondary N) is 2. The number of amides is 1. The van der Waals surface area contributed by atoms with Gasteiger partial charge in [0.2, 0.25) is 0 Å². The van der Waals surface area contributed by atoms with Gasteiger partial charge in [-0.05, 0) is 50.5 Å². The number of methoxy groups -OCH3 is 1. The first-order chi connectivity index (χ1) is 13.2. The summed E-state index contributed by atoms with van der Waals surface area (Å²) < 4.78 is 5.10. The van der Waals surface area contributed by atoms with Gasteiger partial charge in [-0.2, -0.15) is 0 Å². The number of carbonyl (C=O) groups excluding carboxylic acids is 1. The van der Waals surface area contributed by atoms with Gasteiger partial charge in [0.1, 0.15) is 23.2 Å². The van der Waals surface area contributed by atoms with Crippen molar-refractivity contribution in [3.63, 3.8) is 0 Å². The Kier molecular flexibility index (Phi) is 6.46. The van der Waals surface area contributed by atoms with E-state index in [-0.39, 0.29) is 5.91 Å². The standard InChI is InChI=1S/C20H27N5O2/c1-15-23-18(14-19(24-15)25-12-4-3-5-13-25)21-10-11-22-20(26)16-6-8-17(27-2)9-7-16/h6-9,14H,3-5,10-13H2,1-2H3,(H,22,26)(H,21,23,24). The largest absolute Gasteiger partial charge is 0.497 e. The number of carbonyl (C=O) groups is 1. The molecule has 3 rings (SSSR count). The number of hydrogen-bond donors (Lipinski definition) is 2. The SMILES string of the molecule is COc1ccc(C(=O)NCCNc2cc(N3CCCCC3)nc(C)n2)cc1. The normalized spacial score (nSPS) is 13.9. The summed E-state index contributed by atoms with van der Waals surface area (Å²) in [6.07, 6.45) is 3.71. The minimum absolute atomic E-state index is 0.104. The molecular weight excluding hydrogens is 342 g/mol. The van der Waals surface area contributed by atoms with Crippen molar-refractivity contribution < 1.29 is 9.53 Å². The highest BCUT2D eigenvalue weighted by Gasteiger charge is 2.13. The number of aromatic nitrogens is 2. The van der Waals surface area contributed by atoms with Gasteiger partial charge in [0, 0.05) is 37.8 Å². The van der Waals surface area contributed by atoms with Gasteiger partial charge in [-0.15, -0.1) is 0 Å². The quantitative estimate of drug-likeness (QED) is 0.731. The van der Waals surface area contributed by atoms with Crippen LogP contribution in [0.4, 0.5) is 11.6 Å². The van der Waals surface area contributed by atoms with Crippen LogP contribution < -0.4 is 20.3 Å². The number of nitrogens with zero attached hydrogens (tertiary/aromatic N) is 3. The average Bonchev–Trinajstić information content (AvgIpc) is 2.71. The van der Waals surface area contributed by atoms with E-state index in [9.17, 15) is 4.79 Å². The fraction of sp³-hybridized carbons (Fsp3) is 0.450.